The molecule has 0 saturated carbocycles. The lowest BCUT2D eigenvalue weighted by atomic mass is 9.85. The van der Waals surface area contributed by atoms with E-state index in [1.54, 1.807) is 0 Å². The molecular formula is C10H17N. The quantitative estimate of drug-likeness (QED) is 0.565. The SMILES string of the molecule is C1=CCC(C2CCCNC2)C1. The van der Waals surface area contributed by atoms with Crippen molar-refractivity contribution in [2.24, 2.45) is 11.8 Å². The van der Waals surface area contributed by atoms with Crippen molar-refractivity contribution in [3.63, 3.8) is 0 Å². The third kappa shape index (κ3) is 1.64. The molecule has 1 aliphatic heterocycles. The Bertz CT molecular complexity index is 137. The highest BCUT2D eigenvalue weighted by atomic mass is 14.9. The first kappa shape index (κ1) is 7.35. The first-order chi connectivity index (χ1) is 5.47. The molecule has 62 valence electrons. The molecule has 0 amide bonds. The van der Waals surface area contributed by atoms with Crippen LogP contribution in [0, 0.1) is 11.8 Å². The van der Waals surface area contributed by atoms with E-state index >= 15 is 0 Å². The zero-order valence-electron chi connectivity index (χ0n) is 7.05. The molecule has 1 nitrogen and oxygen atoms in total. The van der Waals surface area contributed by atoms with Crippen LogP contribution < -0.4 is 5.32 Å². The number of rotatable bonds is 1. The van der Waals surface area contributed by atoms with E-state index in [0.29, 0.717) is 0 Å². The molecule has 1 unspecified atom stereocenters. The second-order valence-corrected chi connectivity index (χ2v) is 3.81. The summed E-state index contributed by atoms with van der Waals surface area (Å²) in [7, 11) is 0. The molecule has 0 bridgehead atoms. The molecule has 1 N–H and O–H groups in total. The Kier molecular flexibility index (Phi) is 2.27. The van der Waals surface area contributed by atoms with E-state index in [9.17, 15) is 0 Å². The highest BCUT2D eigenvalue weighted by Crippen LogP contribution is 2.30. The standard InChI is InChI=1S/C10H17N/c1-2-5-9(4-1)10-6-3-7-11-8-10/h1-2,9-11H,3-8H2. The van der Waals surface area contributed by atoms with Crippen molar-refractivity contribution in [3.8, 4) is 0 Å². The van der Waals surface area contributed by atoms with Gasteiger partial charge in [-0.15, -0.1) is 0 Å². The summed E-state index contributed by atoms with van der Waals surface area (Å²) in [6.45, 7) is 2.52. The van der Waals surface area contributed by atoms with Crippen molar-refractivity contribution < 1.29 is 0 Å². The third-order valence-electron chi connectivity index (χ3n) is 3.05. The minimum Gasteiger partial charge on any atom is -0.316 e. The predicted molar refractivity (Wildman–Crippen MR) is 47.5 cm³/mol. The van der Waals surface area contributed by atoms with E-state index in [1.165, 1.54) is 38.8 Å². The fourth-order valence-corrected chi connectivity index (χ4v) is 2.30. The van der Waals surface area contributed by atoms with Crippen molar-refractivity contribution in [1.82, 2.24) is 5.32 Å². The summed E-state index contributed by atoms with van der Waals surface area (Å²) >= 11 is 0. The first-order valence-corrected chi connectivity index (χ1v) is 4.82. The molecule has 0 aromatic heterocycles. The Hall–Kier alpha value is -0.300. The first-order valence-electron chi connectivity index (χ1n) is 4.82. The van der Waals surface area contributed by atoms with Gasteiger partial charge in [0.1, 0.15) is 0 Å². The third-order valence-corrected chi connectivity index (χ3v) is 3.05. The van der Waals surface area contributed by atoms with Gasteiger partial charge in [-0.05, 0) is 50.6 Å². The predicted octanol–water partition coefficient (Wildman–Crippen LogP) is 1.95. The average molecular weight is 151 g/mol. The van der Waals surface area contributed by atoms with Gasteiger partial charge in [-0.2, -0.15) is 0 Å². The molecule has 1 fully saturated rings. The Balaban J connectivity index is 1.83. The maximum atomic E-state index is 3.48. The van der Waals surface area contributed by atoms with Gasteiger partial charge in [-0.1, -0.05) is 12.2 Å². The summed E-state index contributed by atoms with van der Waals surface area (Å²) in [5.74, 6) is 1.95. The Morgan fingerprint density at radius 3 is 2.55 bits per heavy atom. The molecule has 1 heteroatoms. The van der Waals surface area contributed by atoms with Crippen molar-refractivity contribution >= 4 is 0 Å². The van der Waals surface area contributed by atoms with Crippen LogP contribution in [0.15, 0.2) is 12.2 Å². The number of hydrogen-bond acceptors (Lipinski definition) is 1. The molecule has 1 heterocycles. The number of piperidine rings is 1. The minimum absolute atomic E-state index is 0.971. The highest BCUT2D eigenvalue weighted by Gasteiger charge is 2.23. The highest BCUT2D eigenvalue weighted by molar-refractivity contribution is 4.97. The van der Waals surface area contributed by atoms with Crippen LogP contribution in [0.4, 0.5) is 0 Å². The fourth-order valence-electron chi connectivity index (χ4n) is 2.30. The second-order valence-electron chi connectivity index (χ2n) is 3.81. The van der Waals surface area contributed by atoms with E-state index in [1.807, 2.05) is 0 Å². The smallest absolute Gasteiger partial charge is 0.00176 e. The molecule has 1 aliphatic carbocycles. The van der Waals surface area contributed by atoms with Gasteiger partial charge < -0.3 is 5.32 Å². The average Bonchev–Trinajstić information content (AvgIpc) is 2.58. The van der Waals surface area contributed by atoms with Gasteiger partial charge in [-0.25, -0.2) is 0 Å². The maximum Gasteiger partial charge on any atom is -0.00176 e. The van der Waals surface area contributed by atoms with Gasteiger partial charge >= 0.3 is 0 Å². The molecule has 0 radical (unpaired) electrons. The van der Waals surface area contributed by atoms with E-state index in [0.717, 1.165) is 11.8 Å². The number of nitrogens with one attached hydrogen (secondary N) is 1. The second kappa shape index (κ2) is 3.40. The lowest BCUT2D eigenvalue weighted by Crippen LogP contribution is -2.33. The van der Waals surface area contributed by atoms with Crippen molar-refractivity contribution in [3.05, 3.63) is 12.2 Å². The lowest BCUT2D eigenvalue weighted by Gasteiger charge is -2.27. The van der Waals surface area contributed by atoms with Gasteiger partial charge in [0.25, 0.3) is 0 Å². The Morgan fingerprint density at radius 1 is 1.09 bits per heavy atom. The normalized spacial score (nSPS) is 32.9. The van der Waals surface area contributed by atoms with Crippen molar-refractivity contribution in [2.75, 3.05) is 13.1 Å². The van der Waals surface area contributed by atoms with Crippen LogP contribution >= 0.6 is 0 Å². The van der Waals surface area contributed by atoms with Crippen LogP contribution in [0.5, 0.6) is 0 Å². The van der Waals surface area contributed by atoms with Crippen LogP contribution in [-0.4, -0.2) is 13.1 Å². The molecular weight excluding hydrogens is 134 g/mol. The van der Waals surface area contributed by atoms with Crippen LogP contribution in [-0.2, 0) is 0 Å². The molecule has 0 aromatic carbocycles. The summed E-state index contributed by atoms with van der Waals surface area (Å²) in [5.41, 5.74) is 0. The molecule has 0 aromatic rings. The van der Waals surface area contributed by atoms with Gasteiger partial charge in [-0.3, -0.25) is 0 Å². The summed E-state index contributed by atoms with van der Waals surface area (Å²) in [6.07, 6.45) is 10.2. The van der Waals surface area contributed by atoms with E-state index in [-0.39, 0.29) is 0 Å². The Morgan fingerprint density at radius 2 is 1.91 bits per heavy atom. The van der Waals surface area contributed by atoms with E-state index in [4.69, 9.17) is 0 Å². The molecule has 1 saturated heterocycles. The Labute approximate surface area is 68.9 Å². The fraction of sp³-hybridized carbons (Fsp3) is 0.800. The molecule has 1 atom stereocenters. The van der Waals surface area contributed by atoms with Crippen molar-refractivity contribution in [2.45, 2.75) is 25.7 Å². The lowest BCUT2D eigenvalue weighted by molar-refractivity contribution is 0.274. The summed E-state index contributed by atoms with van der Waals surface area (Å²) in [6, 6.07) is 0. The largest absolute Gasteiger partial charge is 0.316 e. The molecule has 2 aliphatic rings. The van der Waals surface area contributed by atoms with Gasteiger partial charge in [0.2, 0.25) is 0 Å². The summed E-state index contributed by atoms with van der Waals surface area (Å²) in [4.78, 5) is 0. The maximum absolute atomic E-state index is 3.48. The minimum atomic E-state index is 0.971. The van der Waals surface area contributed by atoms with Crippen LogP contribution in [0.1, 0.15) is 25.7 Å². The van der Waals surface area contributed by atoms with Crippen molar-refractivity contribution in [1.29, 1.82) is 0 Å². The van der Waals surface area contributed by atoms with Gasteiger partial charge in [0.05, 0.1) is 0 Å². The zero-order valence-corrected chi connectivity index (χ0v) is 7.05. The van der Waals surface area contributed by atoms with Gasteiger partial charge in [0, 0.05) is 0 Å². The molecule has 2 rings (SSSR count). The van der Waals surface area contributed by atoms with Gasteiger partial charge in [0.15, 0.2) is 0 Å². The van der Waals surface area contributed by atoms with E-state index < -0.39 is 0 Å². The molecule has 11 heavy (non-hydrogen) atoms. The van der Waals surface area contributed by atoms with Crippen LogP contribution in [0.25, 0.3) is 0 Å². The van der Waals surface area contributed by atoms with E-state index in [2.05, 4.69) is 17.5 Å². The summed E-state index contributed by atoms with van der Waals surface area (Å²) < 4.78 is 0. The number of hydrogen-bond donors (Lipinski definition) is 1. The zero-order chi connectivity index (χ0) is 7.52. The van der Waals surface area contributed by atoms with Crippen LogP contribution in [0.2, 0.25) is 0 Å². The summed E-state index contributed by atoms with van der Waals surface area (Å²) in [5, 5.41) is 3.48. The molecule has 0 spiro atoms. The monoisotopic (exact) mass is 151 g/mol. The van der Waals surface area contributed by atoms with Crippen LogP contribution in [0.3, 0.4) is 0 Å². The number of allylic oxidation sites excluding steroid dienone is 2. The topological polar surface area (TPSA) is 12.0 Å².